The number of aromatic nitrogens is 2. The summed E-state index contributed by atoms with van der Waals surface area (Å²) in [6, 6.07) is 25.0. The lowest BCUT2D eigenvalue weighted by atomic mass is 9.63. The zero-order valence-electron chi connectivity index (χ0n) is 25.9. The van der Waals surface area contributed by atoms with Gasteiger partial charge in [-0.3, -0.25) is 4.79 Å². The first-order valence-electron chi connectivity index (χ1n) is 15.0. The molecule has 216 valence electrons. The lowest BCUT2D eigenvalue weighted by Gasteiger charge is -2.41. The molecular weight excluding hydrogens is 518 g/mol. The molecule has 5 heteroatoms. The summed E-state index contributed by atoms with van der Waals surface area (Å²) in [5.41, 5.74) is 8.30. The first-order valence-corrected chi connectivity index (χ1v) is 15.0. The normalized spacial score (nSPS) is 19.6. The number of aryl methyl sites for hydroxylation is 2. The average Bonchev–Trinajstić information content (AvgIpc) is 3.30. The summed E-state index contributed by atoms with van der Waals surface area (Å²) in [7, 11) is 0. The van der Waals surface area contributed by atoms with Crippen LogP contribution in [0.4, 0.5) is 5.82 Å². The van der Waals surface area contributed by atoms with E-state index >= 15 is 0 Å². The van der Waals surface area contributed by atoms with Gasteiger partial charge >= 0.3 is 0 Å². The highest BCUT2D eigenvalue weighted by Crippen LogP contribution is 2.52. The van der Waals surface area contributed by atoms with Gasteiger partial charge in [0.2, 0.25) is 0 Å². The van der Waals surface area contributed by atoms with Crippen LogP contribution in [-0.4, -0.2) is 21.3 Å². The molecule has 6 rings (SSSR count). The molecule has 1 aliphatic heterocycles. The molecule has 5 nitrogen and oxygen atoms in total. The third kappa shape index (κ3) is 5.21. The molecule has 1 saturated carbocycles. The van der Waals surface area contributed by atoms with Crippen LogP contribution in [0.5, 0.6) is 5.75 Å². The molecule has 0 saturated heterocycles. The van der Waals surface area contributed by atoms with Gasteiger partial charge in [-0.2, -0.15) is 5.10 Å². The molecule has 1 aromatic heterocycles. The third-order valence-electron chi connectivity index (χ3n) is 8.59. The molecule has 0 amide bonds. The van der Waals surface area contributed by atoms with Crippen LogP contribution in [0.15, 0.2) is 77.8 Å². The van der Waals surface area contributed by atoms with Crippen LogP contribution in [0, 0.1) is 25.2 Å². The van der Waals surface area contributed by atoms with Gasteiger partial charge in [0.25, 0.3) is 0 Å². The number of hydrogen-bond acceptors (Lipinski definition) is 4. The number of nitrogens with zero attached hydrogens (tertiary/aromatic N) is 3. The van der Waals surface area contributed by atoms with E-state index in [1.54, 1.807) is 0 Å². The molecule has 0 bridgehead atoms. The maximum Gasteiger partial charge on any atom is 0.159 e. The van der Waals surface area contributed by atoms with Crippen molar-refractivity contribution in [3.63, 3.8) is 0 Å². The Balaban J connectivity index is 1.50. The van der Waals surface area contributed by atoms with E-state index in [0.717, 1.165) is 57.3 Å². The predicted molar refractivity (Wildman–Crippen MR) is 169 cm³/mol. The SMILES string of the molecule is Cc1ccc(-n2nc(C(C)(C)C)c3c2N=C2CC(C)(C)CC(=O)C2C3c2ccc(OCc3ccccc3)cc2)c(C)c1. The Morgan fingerprint density at radius 3 is 2.31 bits per heavy atom. The molecule has 1 fully saturated rings. The summed E-state index contributed by atoms with van der Waals surface area (Å²) < 4.78 is 8.15. The van der Waals surface area contributed by atoms with Crippen molar-refractivity contribution in [1.29, 1.82) is 0 Å². The molecule has 2 aliphatic rings. The van der Waals surface area contributed by atoms with Crippen LogP contribution < -0.4 is 4.74 Å². The minimum absolute atomic E-state index is 0.124. The largest absolute Gasteiger partial charge is 0.489 e. The average molecular weight is 560 g/mol. The van der Waals surface area contributed by atoms with Crippen molar-refractivity contribution in [1.82, 2.24) is 9.78 Å². The van der Waals surface area contributed by atoms with Crippen LogP contribution in [-0.2, 0) is 16.8 Å². The van der Waals surface area contributed by atoms with Crippen molar-refractivity contribution in [2.75, 3.05) is 0 Å². The number of carbonyl (C=O) groups is 1. The van der Waals surface area contributed by atoms with E-state index in [4.69, 9.17) is 14.8 Å². The van der Waals surface area contributed by atoms with Gasteiger partial charge < -0.3 is 4.74 Å². The van der Waals surface area contributed by atoms with E-state index in [-0.39, 0.29) is 28.4 Å². The number of Topliss-reactive ketones (excluding diaryl/α,β-unsaturated/α-hetero) is 1. The summed E-state index contributed by atoms with van der Waals surface area (Å²) in [5, 5.41) is 5.27. The minimum Gasteiger partial charge on any atom is -0.489 e. The monoisotopic (exact) mass is 559 g/mol. The molecule has 1 aliphatic carbocycles. The number of aliphatic imine (C=N–C) groups is 1. The Morgan fingerprint density at radius 2 is 1.64 bits per heavy atom. The molecule has 2 unspecified atom stereocenters. The van der Waals surface area contributed by atoms with Crippen LogP contribution in [0.25, 0.3) is 5.69 Å². The Morgan fingerprint density at radius 1 is 0.929 bits per heavy atom. The molecule has 3 aromatic carbocycles. The molecule has 4 aromatic rings. The van der Waals surface area contributed by atoms with Crippen molar-refractivity contribution in [3.8, 4) is 11.4 Å². The van der Waals surface area contributed by atoms with Crippen molar-refractivity contribution in [2.24, 2.45) is 16.3 Å². The van der Waals surface area contributed by atoms with Gasteiger partial charge in [0, 0.05) is 29.0 Å². The molecule has 2 heterocycles. The summed E-state index contributed by atoms with van der Waals surface area (Å²) in [5.74, 6) is 1.49. The highest BCUT2D eigenvalue weighted by molar-refractivity contribution is 6.11. The maximum absolute atomic E-state index is 14.0. The quantitative estimate of drug-likeness (QED) is 0.246. The van der Waals surface area contributed by atoms with E-state index in [2.05, 4.69) is 90.9 Å². The van der Waals surface area contributed by atoms with E-state index in [1.807, 2.05) is 35.0 Å². The van der Waals surface area contributed by atoms with Crippen LogP contribution in [0.3, 0.4) is 0 Å². The molecule has 2 atom stereocenters. The van der Waals surface area contributed by atoms with Crippen LogP contribution in [0.2, 0.25) is 0 Å². The molecule has 0 radical (unpaired) electrons. The van der Waals surface area contributed by atoms with Gasteiger partial charge in [-0.15, -0.1) is 0 Å². The fraction of sp³-hybridized carbons (Fsp3) is 0.378. The Hall–Kier alpha value is -3.99. The number of hydrogen-bond donors (Lipinski definition) is 0. The van der Waals surface area contributed by atoms with Crippen molar-refractivity contribution < 1.29 is 9.53 Å². The van der Waals surface area contributed by atoms with Crippen molar-refractivity contribution >= 4 is 17.3 Å². The van der Waals surface area contributed by atoms with Crippen molar-refractivity contribution in [3.05, 3.63) is 106 Å². The zero-order chi connectivity index (χ0) is 29.8. The van der Waals surface area contributed by atoms with Gasteiger partial charge in [-0.25, -0.2) is 9.67 Å². The smallest absolute Gasteiger partial charge is 0.159 e. The van der Waals surface area contributed by atoms with Gasteiger partial charge in [0.15, 0.2) is 5.82 Å². The van der Waals surface area contributed by atoms with Crippen molar-refractivity contribution in [2.45, 2.75) is 79.2 Å². The summed E-state index contributed by atoms with van der Waals surface area (Å²) >= 11 is 0. The fourth-order valence-electron chi connectivity index (χ4n) is 6.67. The number of fused-ring (bicyclic) bond motifs is 2. The van der Waals surface area contributed by atoms with Crippen LogP contribution in [0.1, 0.15) is 86.9 Å². The van der Waals surface area contributed by atoms with Gasteiger partial charge in [0.1, 0.15) is 18.1 Å². The Bertz CT molecular complexity index is 1670. The predicted octanol–water partition coefficient (Wildman–Crippen LogP) is 8.59. The summed E-state index contributed by atoms with van der Waals surface area (Å²) in [6.45, 7) is 15.7. The van der Waals surface area contributed by atoms with E-state index in [1.165, 1.54) is 5.56 Å². The molecule has 0 spiro atoms. The maximum atomic E-state index is 14.0. The molecule has 0 N–H and O–H groups in total. The van der Waals surface area contributed by atoms with E-state index in [0.29, 0.717) is 13.0 Å². The summed E-state index contributed by atoms with van der Waals surface area (Å²) in [6.07, 6.45) is 1.34. The third-order valence-corrected chi connectivity index (χ3v) is 8.59. The minimum atomic E-state index is -0.292. The van der Waals surface area contributed by atoms with Gasteiger partial charge in [-0.05, 0) is 60.6 Å². The molecular formula is C37H41N3O2. The first kappa shape index (κ1) is 28.1. The van der Waals surface area contributed by atoms with E-state index in [9.17, 15) is 4.79 Å². The van der Waals surface area contributed by atoms with Gasteiger partial charge in [-0.1, -0.05) is 94.8 Å². The zero-order valence-corrected chi connectivity index (χ0v) is 25.9. The second-order valence-corrected chi connectivity index (χ2v) is 13.9. The second kappa shape index (κ2) is 10.4. The topological polar surface area (TPSA) is 56.5 Å². The number of rotatable bonds is 5. The lowest BCUT2D eigenvalue weighted by Crippen LogP contribution is -2.42. The number of ether oxygens (including phenoxy) is 1. The summed E-state index contributed by atoms with van der Waals surface area (Å²) in [4.78, 5) is 19.3. The first-order chi connectivity index (χ1) is 19.9. The van der Waals surface area contributed by atoms with Crippen LogP contribution >= 0.6 is 0 Å². The fourth-order valence-corrected chi connectivity index (χ4v) is 6.67. The second-order valence-electron chi connectivity index (χ2n) is 13.9. The Kier molecular flexibility index (Phi) is 6.95. The molecule has 42 heavy (non-hydrogen) atoms. The number of ketones is 1. The Labute approximate surface area is 249 Å². The van der Waals surface area contributed by atoms with E-state index < -0.39 is 0 Å². The highest BCUT2D eigenvalue weighted by Gasteiger charge is 2.48. The number of benzene rings is 3. The standard InChI is InChI=1S/C37H41N3O2/c1-23-13-18-29(24(2)19-23)40-35-33(34(39-40)36(3,4)5)31(32-28(38-35)20-37(6,7)21-30(32)41)26-14-16-27(17-15-26)42-22-25-11-9-8-10-12-25/h8-19,31-32H,20-22H2,1-7H3. The number of carbonyl (C=O) groups excluding carboxylic acids is 1. The lowest BCUT2D eigenvalue weighted by molar-refractivity contribution is -0.124. The highest BCUT2D eigenvalue weighted by atomic mass is 16.5. The van der Waals surface area contributed by atoms with Gasteiger partial charge in [0.05, 0.1) is 17.3 Å².